The Hall–Kier alpha value is -2.82. The summed E-state index contributed by atoms with van der Waals surface area (Å²) in [6.07, 6.45) is 5.12. The zero-order valence-corrected chi connectivity index (χ0v) is 11.0. The van der Waals surface area contributed by atoms with Gasteiger partial charge in [-0.05, 0) is 24.6 Å². The SMILES string of the molecule is Cc1ccc(Oc2ccnc(N)c2N)c2ccncc12. The number of ether oxygens (including phenoxy) is 1. The largest absolute Gasteiger partial charge is 0.454 e. The van der Waals surface area contributed by atoms with Gasteiger partial charge in [-0.3, -0.25) is 4.98 Å². The average Bonchev–Trinajstić information content (AvgIpc) is 2.47. The van der Waals surface area contributed by atoms with Crippen LogP contribution in [0.25, 0.3) is 10.8 Å². The van der Waals surface area contributed by atoms with E-state index in [0.29, 0.717) is 17.2 Å². The van der Waals surface area contributed by atoms with Crippen LogP contribution in [-0.2, 0) is 0 Å². The molecule has 0 atom stereocenters. The Morgan fingerprint density at radius 1 is 0.950 bits per heavy atom. The van der Waals surface area contributed by atoms with E-state index in [1.54, 1.807) is 18.5 Å². The highest BCUT2D eigenvalue weighted by Crippen LogP contribution is 2.34. The Labute approximate surface area is 116 Å². The van der Waals surface area contributed by atoms with Crippen molar-refractivity contribution in [1.82, 2.24) is 9.97 Å². The molecule has 5 heteroatoms. The molecule has 20 heavy (non-hydrogen) atoms. The van der Waals surface area contributed by atoms with Crippen molar-refractivity contribution < 1.29 is 4.74 Å². The first-order valence-electron chi connectivity index (χ1n) is 6.18. The third-order valence-corrected chi connectivity index (χ3v) is 3.20. The van der Waals surface area contributed by atoms with Gasteiger partial charge in [-0.2, -0.15) is 0 Å². The maximum Gasteiger partial charge on any atom is 0.155 e. The van der Waals surface area contributed by atoms with Crippen molar-refractivity contribution in [1.29, 1.82) is 0 Å². The molecular weight excluding hydrogens is 252 g/mol. The van der Waals surface area contributed by atoms with Crippen LogP contribution in [0.15, 0.2) is 42.9 Å². The molecule has 0 bridgehead atoms. The number of pyridine rings is 2. The minimum absolute atomic E-state index is 0.264. The number of aryl methyl sites for hydroxylation is 1. The smallest absolute Gasteiger partial charge is 0.155 e. The van der Waals surface area contributed by atoms with Gasteiger partial charge in [0.2, 0.25) is 0 Å². The highest BCUT2D eigenvalue weighted by Gasteiger charge is 2.09. The van der Waals surface area contributed by atoms with Crippen molar-refractivity contribution in [3.63, 3.8) is 0 Å². The molecule has 0 aliphatic carbocycles. The Kier molecular flexibility index (Phi) is 2.87. The number of rotatable bonds is 2. The highest BCUT2D eigenvalue weighted by atomic mass is 16.5. The lowest BCUT2D eigenvalue weighted by molar-refractivity contribution is 0.490. The van der Waals surface area contributed by atoms with Crippen LogP contribution in [0.5, 0.6) is 11.5 Å². The molecule has 0 aliphatic rings. The first kappa shape index (κ1) is 12.2. The van der Waals surface area contributed by atoms with E-state index in [2.05, 4.69) is 9.97 Å². The molecule has 0 amide bonds. The maximum atomic E-state index is 5.89. The molecule has 0 radical (unpaired) electrons. The lowest BCUT2D eigenvalue weighted by atomic mass is 10.1. The van der Waals surface area contributed by atoms with E-state index in [1.807, 2.05) is 31.3 Å². The summed E-state index contributed by atoms with van der Waals surface area (Å²) >= 11 is 0. The minimum atomic E-state index is 0.264. The van der Waals surface area contributed by atoms with Gasteiger partial charge in [0.25, 0.3) is 0 Å². The third-order valence-electron chi connectivity index (χ3n) is 3.20. The number of benzene rings is 1. The Morgan fingerprint density at radius 3 is 2.65 bits per heavy atom. The number of anilines is 2. The molecule has 3 rings (SSSR count). The minimum Gasteiger partial charge on any atom is -0.454 e. The Bertz CT molecular complexity index is 786. The molecule has 0 aliphatic heterocycles. The van der Waals surface area contributed by atoms with E-state index >= 15 is 0 Å². The van der Waals surface area contributed by atoms with E-state index < -0.39 is 0 Å². The molecule has 0 spiro atoms. The van der Waals surface area contributed by atoms with Crippen LogP contribution in [0, 0.1) is 6.92 Å². The van der Waals surface area contributed by atoms with Crippen molar-refractivity contribution >= 4 is 22.3 Å². The van der Waals surface area contributed by atoms with Gasteiger partial charge in [0, 0.05) is 35.4 Å². The molecule has 2 aromatic heterocycles. The molecule has 100 valence electrons. The molecule has 0 fully saturated rings. The molecule has 4 N–H and O–H groups in total. The second kappa shape index (κ2) is 4.70. The molecule has 0 unspecified atom stereocenters. The van der Waals surface area contributed by atoms with Crippen LogP contribution < -0.4 is 16.2 Å². The third kappa shape index (κ3) is 1.99. The lowest BCUT2D eigenvalue weighted by Crippen LogP contribution is -2.00. The Balaban J connectivity index is 2.12. The number of nitrogens with two attached hydrogens (primary N) is 2. The standard InChI is InChI=1S/C15H14N4O/c1-9-2-3-12(10-4-6-18-8-11(9)10)20-13-5-7-19-15(17)14(13)16/h2-8H,16H2,1H3,(H2,17,19). The van der Waals surface area contributed by atoms with Crippen LogP contribution in [0.1, 0.15) is 5.56 Å². The average molecular weight is 266 g/mol. The number of nitrogens with zero attached hydrogens (tertiary/aromatic N) is 2. The fraction of sp³-hybridized carbons (Fsp3) is 0.0667. The van der Waals surface area contributed by atoms with Gasteiger partial charge in [0.05, 0.1) is 0 Å². The lowest BCUT2D eigenvalue weighted by Gasteiger charge is -2.12. The van der Waals surface area contributed by atoms with Gasteiger partial charge in [0.15, 0.2) is 5.75 Å². The van der Waals surface area contributed by atoms with E-state index in [9.17, 15) is 0 Å². The van der Waals surface area contributed by atoms with Crippen LogP contribution in [-0.4, -0.2) is 9.97 Å². The van der Waals surface area contributed by atoms with Gasteiger partial charge < -0.3 is 16.2 Å². The van der Waals surface area contributed by atoms with E-state index in [-0.39, 0.29) is 5.82 Å². The number of nitrogen functional groups attached to an aromatic ring is 2. The normalized spacial score (nSPS) is 10.7. The van der Waals surface area contributed by atoms with Crippen molar-refractivity contribution in [2.45, 2.75) is 6.92 Å². The van der Waals surface area contributed by atoms with E-state index in [0.717, 1.165) is 16.3 Å². The fourth-order valence-corrected chi connectivity index (χ4v) is 2.07. The van der Waals surface area contributed by atoms with Gasteiger partial charge in [0.1, 0.15) is 17.3 Å². The quantitative estimate of drug-likeness (QED) is 0.744. The highest BCUT2D eigenvalue weighted by molar-refractivity contribution is 5.90. The summed E-state index contributed by atoms with van der Waals surface area (Å²) in [7, 11) is 0. The van der Waals surface area contributed by atoms with Crippen LogP contribution in [0.2, 0.25) is 0 Å². The van der Waals surface area contributed by atoms with Crippen LogP contribution in [0.4, 0.5) is 11.5 Å². The summed E-state index contributed by atoms with van der Waals surface area (Å²) in [5, 5.41) is 2.03. The van der Waals surface area contributed by atoms with Crippen molar-refractivity contribution in [3.05, 3.63) is 48.4 Å². The molecular formula is C15H14N4O. The van der Waals surface area contributed by atoms with Gasteiger partial charge >= 0.3 is 0 Å². The number of hydrogen-bond acceptors (Lipinski definition) is 5. The summed E-state index contributed by atoms with van der Waals surface area (Å²) in [5.41, 5.74) is 13.0. The summed E-state index contributed by atoms with van der Waals surface area (Å²) in [6.45, 7) is 2.03. The van der Waals surface area contributed by atoms with Crippen LogP contribution in [0.3, 0.4) is 0 Å². The summed E-state index contributed by atoms with van der Waals surface area (Å²) in [5.74, 6) is 1.48. The first-order valence-corrected chi connectivity index (χ1v) is 6.18. The number of fused-ring (bicyclic) bond motifs is 1. The predicted molar refractivity (Wildman–Crippen MR) is 79.6 cm³/mol. The van der Waals surface area contributed by atoms with Gasteiger partial charge in [-0.25, -0.2) is 4.98 Å². The molecule has 3 aromatic rings. The van der Waals surface area contributed by atoms with Gasteiger partial charge in [-0.15, -0.1) is 0 Å². The molecule has 0 saturated carbocycles. The monoisotopic (exact) mass is 266 g/mol. The Morgan fingerprint density at radius 2 is 1.80 bits per heavy atom. The number of hydrogen-bond donors (Lipinski definition) is 2. The van der Waals surface area contributed by atoms with Crippen molar-refractivity contribution in [2.75, 3.05) is 11.5 Å². The zero-order valence-electron chi connectivity index (χ0n) is 11.0. The van der Waals surface area contributed by atoms with Gasteiger partial charge in [-0.1, -0.05) is 6.07 Å². The zero-order chi connectivity index (χ0) is 14.1. The van der Waals surface area contributed by atoms with Crippen LogP contribution >= 0.6 is 0 Å². The molecule has 5 nitrogen and oxygen atoms in total. The maximum absolute atomic E-state index is 5.89. The predicted octanol–water partition coefficient (Wildman–Crippen LogP) is 2.89. The van der Waals surface area contributed by atoms with Crippen molar-refractivity contribution in [3.8, 4) is 11.5 Å². The summed E-state index contributed by atoms with van der Waals surface area (Å²) in [4.78, 5) is 8.06. The fourth-order valence-electron chi connectivity index (χ4n) is 2.07. The topological polar surface area (TPSA) is 87.0 Å². The molecule has 1 aromatic carbocycles. The van der Waals surface area contributed by atoms with E-state index in [1.165, 1.54) is 0 Å². The molecule has 2 heterocycles. The second-order valence-corrected chi connectivity index (χ2v) is 4.51. The molecule has 0 saturated heterocycles. The van der Waals surface area contributed by atoms with Crippen molar-refractivity contribution in [2.24, 2.45) is 0 Å². The van der Waals surface area contributed by atoms with E-state index in [4.69, 9.17) is 16.2 Å². The number of aromatic nitrogens is 2. The summed E-state index contributed by atoms with van der Waals surface area (Å²) < 4.78 is 5.89. The summed E-state index contributed by atoms with van der Waals surface area (Å²) in [6, 6.07) is 7.50. The first-order chi connectivity index (χ1) is 9.66. The second-order valence-electron chi connectivity index (χ2n) is 4.51.